The smallest absolute Gasteiger partial charge is 0.133 e. The fraction of sp³-hybridized carbons (Fsp3) is 0.143. The number of aliphatic hydroxyl groups is 1. The number of halogens is 2. The van der Waals surface area contributed by atoms with Crippen molar-refractivity contribution >= 4 is 11.6 Å². The van der Waals surface area contributed by atoms with Gasteiger partial charge in [0.2, 0.25) is 0 Å². The molecule has 2 nitrogen and oxygen atoms in total. The van der Waals surface area contributed by atoms with Crippen LogP contribution in [0.15, 0.2) is 42.5 Å². The van der Waals surface area contributed by atoms with Gasteiger partial charge in [-0.15, -0.1) is 0 Å². The largest absolute Gasteiger partial charge is 0.496 e. The summed E-state index contributed by atoms with van der Waals surface area (Å²) < 4.78 is 18.9. The molecule has 4 heteroatoms. The Labute approximate surface area is 110 Å². The Bertz CT molecular complexity index is 557. The first-order chi connectivity index (χ1) is 8.65. The van der Waals surface area contributed by atoms with Gasteiger partial charge in [-0.3, -0.25) is 0 Å². The Kier molecular flexibility index (Phi) is 3.84. The van der Waals surface area contributed by atoms with E-state index in [0.717, 1.165) is 0 Å². The highest BCUT2D eigenvalue weighted by molar-refractivity contribution is 6.31. The lowest BCUT2D eigenvalue weighted by Crippen LogP contribution is -2.05. The predicted molar refractivity (Wildman–Crippen MR) is 68.5 cm³/mol. The van der Waals surface area contributed by atoms with Crippen molar-refractivity contribution < 1.29 is 14.2 Å². The second kappa shape index (κ2) is 5.38. The lowest BCUT2D eigenvalue weighted by molar-refractivity contribution is 0.209. The summed E-state index contributed by atoms with van der Waals surface area (Å²) in [7, 11) is 1.43. The number of hydrogen-bond donors (Lipinski definition) is 1. The minimum absolute atomic E-state index is 0.0908. The second-order valence-electron chi connectivity index (χ2n) is 3.78. The van der Waals surface area contributed by atoms with E-state index in [0.29, 0.717) is 16.3 Å². The Balaban J connectivity index is 2.52. The monoisotopic (exact) mass is 266 g/mol. The Morgan fingerprint density at radius 3 is 2.56 bits per heavy atom. The number of rotatable bonds is 3. The molecule has 0 fully saturated rings. The van der Waals surface area contributed by atoms with Crippen molar-refractivity contribution in [1.29, 1.82) is 0 Å². The van der Waals surface area contributed by atoms with E-state index in [1.807, 2.05) is 0 Å². The molecule has 2 rings (SSSR count). The quantitative estimate of drug-likeness (QED) is 0.920. The summed E-state index contributed by atoms with van der Waals surface area (Å²) in [5, 5.41) is 10.6. The summed E-state index contributed by atoms with van der Waals surface area (Å²) in [5.41, 5.74) is 0.538. The van der Waals surface area contributed by atoms with Crippen molar-refractivity contribution in [2.75, 3.05) is 7.11 Å². The van der Waals surface area contributed by atoms with Crippen LogP contribution >= 0.6 is 11.6 Å². The average molecular weight is 267 g/mol. The minimum atomic E-state index is -1.16. The molecule has 2 aromatic rings. The number of ether oxygens (including phenoxy) is 1. The molecule has 94 valence electrons. The summed E-state index contributed by atoms with van der Waals surface area (Å²) in [6.07, 6.45) is -1.16. The van der Waals surface area contributed by atoms with E-state index in [9.17, 15) is 9.50 Å². The van der Waals surface area contributed by atoms with Gasteiger partial charge in [-0.1, -0.05) is 35.9 Å². The molecule has 0 heterocycles. The van der Waals surface area contributed by atoms with Crippen molar-refractivity contribution in [3.8, 4) is 5.75 Å². The van der Waals surface area contributed by atoms with Gasteiger partial charge in [0.15, 0.2) is 0 Å². The van der Waals surface area contributed by atoms with Crippen molar-refractivity contribution in [2.45, 2.75) is 6.10 Å². The summed E-state index contributed by atoms with van der Waals surface area (Å²) in [6, 6.07) is 11.2. The van der Waals surface area contributed by atoms with Crippen molar-refractivity contribution in [1.82, 2.24) is 0 Å². The zero-order valence-electron chi connectivity index (χ0n) is 9.73. The molecule has 1 atom stereocenters. The molecule has 2 aromatic carbocycles. The highest BCUT2D eigenvalue weighted by Gasteiger charge is 2.21. The molecule has 0 amide bonds. The van der Waals surface area contributed by atoms with Crippen molar-refractivity contribution in [2.24, 2.45) is 0 Å². The lowest BCUT2D eigenvalue weighted by Gasteiger charge is -2.16. The molecule has 0 aliphatic rings. The lowest BCUT2D eigenvalue weighted by atomic mass is 10.00. The van der Waals surface area contributed by atoms with Gasteiger partial charge >= 0.3 is 0 Å². The molecule has 0 saturated carbocycles. The fourth-order valence-corrected chi connectivity index (χ4v) is 2.05. The van der Waals surface area contributed by atoms with E-state index in [1.54, 1.807) is 30.3 Å². The SMILES string of the molecule is COc1cccc(F)c1C(O)c1ccccc1Cl. The Hall–Kier alpha value is -1.58. The average Bonchev–Trinajstić information content (AvgIpc) is 2.38. The Morgan fingerprint density at radius 2 is 1.89 bits per heavy atom. The van der Waals surface area contributed by atoms with E-state index < -0.39 is 11.9 Å². The number of hydrogen-bond acceptors (Lipinski definition) is 2. The minimum Gasteiger partial charge on any atom is -0.496 e. The van der Waals surface area contributed by atoms with E-state index in [2.05, 4.69) is 0 Å². The van der Waals surface area contributed by atoms with Crippen LogP contribution < -0.4 is 4.74 Å². The number of aliphatic hydroxyl groups excluding tert-OH is 1. The maximum atomic E-state index is 13.8. The summed E-state index contributed by atoms with van der Waals surface area (Å²) in [6.45, 7) is 0. The van der Waals surface area contributed by atoms with Gasteiger partial charge in [0.1, 0.15) is 17.7 Å². The molecule has 0 aromatic heterocycles. The molecule has 1 N–H and O–H groups in total. The van der Waals surface area contributed by atoms with E-state index in [-0.39, 0.29) is 5.56 Å². The van der Waals surface area contributed by atoms with Crippen LogP contribution in [0, 0.1) is 5.82 Å². The van der Waals surface area contributed by atoms with Crippen LogP contribution in [0.5, 0.6) is 5.75 Å². The highest BCUT2D eigenvalue weighted by Crippen LogP contribution is 2.34. The van der Waals surface area contributed by atoms with Crippen LogP contribution in [0.3, 0.4) is 0 Å². The zero-order chi connectivity index (χ0) is 13.1. The topological polar surface area (TPSA) is 29.5 Å². The van der Waals surface area contributed by atoms with Crippen LogP contribution in [0.1, 0.15) is 17.2 Å². The standard InChI is InChI=1S/C14H12ClFO2/c1-18-12-8-4-7-11(16)13(12)14(17)9-5-2-3-6-10(9)15/h2-8,14,17H,1H3. The molecular weight excluding hydrogens is 255 g/mol. The van der Waals surface area contributed by atoms with Gasteiger partial charge in [-0.25, -0.2) is 4.39 Å². The first-order valence-electron chi connectivity index (χ1n) is 5.40. The third-order valence-corrected chi connectivity index (χ3v) is 3.05. The van der Waals surface area contributed by atoms with Crippen molar-refractivity contribution in [3.05, 3.63) is 64.4 Å². The number of methoxy groups -OCH3 is 1. The van der Waals surface area contributed by atoms with Crippen LogP contribution in [0.25, 0.3) is 0 Å². The molecule has 0 radical (unpaired) electrons. The third kappa shape index (κ3) is 2.33. The first kappa shape index (κ1) is 12.9. The Morgan fingerprint density at radius 1 is 1.17 bits per heavy atom. The van der Waals surface area contributed by atoms with Crippen molar-refractivity contribution in [3.63, 3.8) is 0 Å². The molecule has 18 heavy (non-hydrogen) atoms. The van der Waals surface area contributed by atoms with Gasteiger partial charge in [-0.2, -0.15) is 0 Å². The highest BCUT2D eigenvalue weighted by atomic mass is 35.5. The van der Waals surface area contributed by atoms with Crippen LogP contribution in [-0.4, -0.2) is 12.2 Å². The number of benzene rings is 2. The fourth-order valence-electron chi connectivity index (χ4n) is 1.81. The van der Waals surface area contributed by atoms with Gasteiger partial charge < -0.3 is 9.84 Å². The van der Waals surface area contributed by atoms with Gasteiger partial charge in [0.25, 0.3) is 0 Å². The zero-order valence-corrected chi connectivity index (χ0v) is 10.5. The summed E-state index contributed by atoms with van der Waals surface area (Å²) in [5.74, 6) is -0.232. The maximum Gasteiger partial charge on any atom is 0.133 e. The summed E-state index contributed by atoms with van der Waals surface area (Å²) >= 11 is 5.99. The van der Waals surface area contributed by atoms with Gasteiger partial charge in [0.05, 0.1) is 12.7 Å². The van der Waals surface area contributed by atoms with Crippen LogP contribution in [0.2, 0.25) is 5.02 Å². The molecule has 0 spiro atoms. The molecule has 0 aliphatic carbocycles. The molecule has 1 unspecified atom stereocenters. The molecule has 0 bridgehead atoms. The summed E-state index contributed by atoms with van der Waals surface area (Å²) in [4.78, 5) is 0. The maximum absolute atomic E-state index is 13.8. The van der Waals surface area contributed by atoms with E-state index in [1.165, 1.54) is 19.2 Å². The van der Waals surface area contributed by atoms with E-state index >= 15 is 0 Å². The third-order valence-electron chi connectivity index (χ3n) is 2.71. The van der Waals surface area contributed by atoms with E-state index in [4.69, 9.17) is 16.3 Å². The van der Waals surface area contributed by atoms with Crippen LogP contribution in [0.4, 0.5) is 4.39 Å². The molecular formula is C14H12ClFO2. The van der Waals surface area contributed by atoms with Crippen LogP contribution in [-0.2, 0) is 0 Å². The predicted octanol–water partition coefficient (Wildman–Crippen LogP) is 3.57. The molecule has 0 aliphatic heterocycles. The van der Waals surface area contributed by atoms with Gasteiger partial charge in [-0.05, 0) is 18.2 Å². The normalized spacial score (nSPS) is 12.2. The van der Waals surface area contributed by atoms with Gasteiger partial charge in [0, 0.05) is 10.6 Å². The first-order valence-corrected chi connectivity index (χ1v) is 5.78. The second-order valence-corrected chi connectivity index (χ2v) is 4.19. The molecule has 0 saturated heterocycles.